The van der Waals surface area contributed by atoms with Gasteiger partial charge in [-0.05, 0) is 41.9 Å². The molecule has 8 nitrogen and oxygen atoms in total. The predicted molar refractivity (Wildman–Crippen MR) is 108 cm³/mol. The normalized spacial score (nSPS) is 13.9. The topological polar surface area (TPSA) is 82.2 Å². The maximum atomic E-state index is 13.2. The van der Waals surface area contributed by atoms with Crippen LogP contribution in [0.25, 0.3) is 5.69 Å². The summed E-state index contributed by atoms with van der Waals surface area (Å²) in [4.78, 5) is 30.7. The molecule has 0 radical (unpaired) electrons. The summed E-state index contributed by atoms with van der Waals surface area (Å²) in [7, 11) is 0. The Morgan fingerprint density at radius 2 is 1.88 bits per heavy atom. The van der Waals surface area contributed by atoms with E-state index in [4.69, 9.17) is 27.9 Å². The quantitative estimate of drug-likeness (QED) is 0.551. The number of rotatable bonds is 5. The Labute approximate surface area is 188 Å². The van der Waals surface area contributed by atoms with Gasteiger partial charge in [0, 0.05) is 18.1 Å². The average Bonchev–Trinajstić information content (AvgIpc) is 3.16. The Kier molecular flexibility index (Phi) is 5.87. The third-order valence-electron chi connectivity index (χ3n) is 4.83. The van der Waals surface area contributed by atoms with E-state index >= 15 is 0 Å². The van der Waals surface area contributed by atoms with Crippen molar-refractivity contribution in [2.75, 3.05) is 19.7 Å². The van der Waals surface area contributed by atoms with Crippen molar-refractivity contribution >= 4 is 29.1 Å². The van der Waals surface area contributed by atoms with Crippen molar-refractivity contribution in [2.45, 2.75) is 12.7 Å². The van der Waals surface area contributed by atoms with Gasteiger partial charge in [0.1, 0.15) is 30.1 Å². The van der Waals surface area contributed by atoms with Gasteiger partial charge in [-0.2, -0.15) is 13.2 Å². The van der Waals surface area contributed by atoms with E-state index in [2.05, 4.69) is 10.1 Å². The number of nitrogens with zero attached hydrogens (tertiary/aromatic N) is 5. The van der Waals surface area contributed by atoms with Crippen LogP contribution < -0.4 is 10.3 Å². The third kappa shape index (κ3) is 4.30. The van der Waals surface area contributed by atoms with Crippen LogP contribution in [0.15, 0.2) is 41.5 Å². The molecular formula is C19H14Cl2F3N5O3. The summed E-state index contributed by atoms with van der Waals surface area (Å²) in [5, 5.41) is 3.79. The monoisotopic (exact) mass is 487 g/mol. The van der Waals surface area contributed by atoms with Crippen LogP contribution in [0.5, 0.6) is 5.75 Å². The third-order valence-corrected chi connectivity index (χ3v) is 5.24. The fraction of sp³-hybridized carbons (Fsp3) is 0.263. The molecule has 2 aromatic heterocycles. The van der Waals surface area contributed by atoms with Gasteiger partial charge < -0.3 is 14.2 Å². The van der Waals surface area contributed by atoms with E-state index < -0.39 is 23.2 Å². The second kappa shape index (κ2) is 8.47. The number of hydrogen-bond acceptors (Lipinski definition) is 5. The van der Waals surface area contributed by atoms with Crippen LogP contribution >= 0.6 is 23.2 Å². The number of aromatic nitrogens is 4. The van der Waals surface area contributed by atoms with Crippen LogP contribution in [0.3, 0.4) is 0 Å². The maximum absolute atomic E-state index is 13.2. The van der Waals surface area contributed by atoms with Gasteiger partial charge in [0.25, 0.3) is 11.5 Å². The summed E-state index contributed by atoms with van der Waals surface area (Å²) in [5.41, 5.74) is -1.10. The van der Waals surface area contributed by atoms with E-state index in [0.717, 1.165) is 12.1 Å². The first-order valence-electron chi connectivity index (χ1n) is 9.25. The molecule has 0 fully saturated rings. The lowest BCUT2D eigenvalue weighted by Gasteiger charge is -2.29. The van der Waals surface area contributed by atoms with Gasteiger partial charge >= 0.3 is 6.18 Å². The van der Waals surface area contributed by atoms with Gasteiger partial charge in [-0.25, -0.2) is 9.67 Å². The second-order valence-corrected chi connectivity index (χ2v) is 7.57. The van der Waals surface area contributed by atoms with Crippen molar-refractivity contribution in [3.05, 3.63) is 68.6 Å². The van der Waals surface area contributed by atoms with Crippen LogP contribution in [0.4, 0.5) is 13.2 Å². The van der Waals surface area contributed by atoms with Crippen LogP contribution in [0.2, 0.25) is 10.3 Å². The number of pyridine rings is 1. The Morgan fingerprint density at radius 3 is 2.56 bits per heavy atom. The molecule has 0 saturated heterocycles. The van der Waals surface area contributed by atoms with Crippen molar-refractivity contribution in [3.63, 3.8) is 0 Å². The second-order valence-electron chi connectivity index (χ2n) is 6.80. The molecule has 1 aliphatic rings. The number of alkyl halides is 3. The molecule has 0 aliphatic carbocycles. The number of benzene rings is 1. The molecule has 1 aliphatic heterocycles. The first-order chi connectivity index (χ1) is 15.1. The fourth-order valence-corrected chi connectivity index (χ4v) is 3.62. The number of fused-ring (bicyclic) bond motifs is 1. The number of hydrogen-bond donors (Lipinski definition) is 0. The van der Waals surface area contributed by atoms with E-state index in [-0.39, 0.29) is 53.7 Å². The lowest BCUT2D eigenvalue weighted by molar-refractivity contribution is -0.139. The first-order valence-corrected chi connectivity index (χ1v) is 10.0. The SMILES string of the molecule is O=C1c2ccc(-n3cnc(Cl)n3)c(=O)n2CCN1CCOc1ccc(Cl)cc1C(F)(F)F. The van der Waals surface area contributed by atoms with Crippen LogP contribution in [-0.4, -0.2) is 49.8 Å². The van der Waals surface area contributed by atoms with Gasteiger partial charge in [-0.3, -0.25) is 9.59 Å². The molecule has 0 atom stereocenters. The highest BCUT2D eigenvalue weighted by Gasteiger charge is 2.35. The Morgan fingerprint density at radius 1 is 1.09 bits per heavy atom. The Bertz CT molecular complexity index is 1240. The average molecular weight is 488 g/mol. The van der Waals surface area contributed by atoms with Crippen molar-refractivity contribution in [3.8, 4) is 11.4 Å². The highest BCUT2D eigenvalue weighted by atomic mass is 35.5. The predicted octanol–water partition coefficient (Wildman–Crippen LogP) is 3.29. The zero-order valence-electron chi connectivity index (χ0n) is 16.1. The molecule has 0 spiro atoms. The van der Waals surface area contributed by atoms with Crippen LogP contribution in [0.1, 0.15) is 16.1 Å². The minimum atomic E-state index is -4.63. The van der Waals surface area contributed by atoms with Crippen LogP contribution in [0, 0.1) is 0 Å². The molecule has 1 aromatic carbocycles. The molecule has 168 valence electrons. The highest BCUT2D eigenvalue weighted by Crippen LogP contribution is 2.37. The van der Waals surface area contributed by atoms with Crippen LogP contribution in [-0.2, 0) is 12.7 Å². The molecule has 0 saturated carbocycles. The summed E-state index contributed by atoms with van der Waals surface area (Å²) < 4.78 is 47.4. The lowest BCUT2D eigenvalue weighted by Crippen LogP contribution is -2.46. The highest BCUT2D eigenvalue weighted by molar-refractivity contribution is 6.30. The molecular weight excluding hydrogens is 474 g/mol. The molecule has 0 unspecified atom stereocenters. The van der Waals surface area contributed by atoms with Gasteiger partial charge in [0.05, 0.1) is 12.1 Å². The van der Waals surface area contributed by atoms with Gasteiger partial charge in [-0.1, -0.05) is 11.6 Å². The summed E-state index contributed by atoms with van der Waals surface area (Å²) >= 11 is 11.3. The lowest BCUT2D eigenvalue weighted by atomic mass is 10.2. The van der Waals surface area contributed by atoms with Crippen molar-refractivity contribution in [1.29, 1.82) is 0 Å². The van der Waals surface area contributed by atoms with Crippen molar-refractivity contribution in [1.82, 2.24) is 24.2 Å². The maximum Gasteiger partial charge on any atom is 0.420 e. The van der Waals surface area contributed by atoms with E-state index in [1.807, 2.05) is 0 Å². The molecule has 0 bridgehead atoms. The number of carbonyl (C=O) groups excluding carboxylic acids is 1. The summed E-state index contributed by atoms with van der Waals surface area (Å²) in [6, 6.07) is 6.12. The van der Waals surface area contributed by atoms with Crippen molar-refractivity contribution in [2.24, 2.45) is 0 Å². The number of carbonyl (C=O) groups is 1. The van der Waals surface area contributed by atoms with Gasteiger partial charge in [0.2, 0.25) is 5.28 Å². The van der Waals surface area contributed by atoms with E-state index in [1.54, 1.807) is 0 Å². The summed E-state index contributed by atoms with van der Waals surface area (Å²) in [6.45, 7) is 0.248. The van der Waals surface area contributed by atoms with E-state index in [0.29, 0.717) is 0 Å². The molecule has 32 heavy (non-hydrogen) atoms. The van der Waals surface area contributed by atoms with Gasteiger partial charge in [-0.15, -0.1) is 5.10 Å². The number of halogens is 5. The number of ether oxygens (including phenoxy) is 1. The van der Waals surface area contributed by atoms with E-state index in [9.17, 15) is 22.8 Å². The van der Waals surface area contributed by atoms with E-state index in [1.165, 1.54) is 38.7 Å². The first kappa shape index (κ1) is 22.2. The smallest absolute Gasteiger partial charge is 0.420 e. The standard InChI is InChI=1S/C19H14Cl2F3N5O3/c20-11-1-4-15(12(9-11)19(22,23)24)32-8-7-27-5-6-28-13(16(27)30)2-3-14(17(28)31)29-10-25-18(21)26-29/h1-4,9-10H,5-8H2. The largest absolute Gasteiger partial charge is 0.491 e. The van der Waals surface area contributed by atoms with Crippen molar-refractivity contribution < 1.29 is 22.7 Å². The fourth-order valence-electron chi connectivity index (χ4n) is 3.32. The molecule has 0 N–H and O–H groups in total. The molecule has 1 amide bonds. The number of amides is 1. The minimum Gasteiger partial charge on any atom is -0.491 e. The molecule has 3 heterocycles. The zero-order valence-corrected chi connectivity index (χ0v) is 17.7. The summed E-state index contributed by atoms with van der Waals surface area (Å²) in [6.07, 6.45) is -3.35. The molecule has 4 rings (SSSR count). The molecule has 3 aromatic rings. The Balaban J connectivity index is 1.47. The summed E-state index contributed by atoms with van der Waals surface area (Å²) in [5.74, 6) is -0.814. The zero-order chi connectivity index (χ0) is 23.0. The minimum absolute atomic E-state index is 0.0243. The molecule has 13 heteroatoms. The Hall–Kier alpha value is -3.05. The van der Waals surface area contributed by atoms with Gasteiger partial charge in [0.15, 0.2) is 0 Å².